The van der Waals surface area contributed by atoms with Gasteiger partial charge in [-0.1, -0.05) is 24.4 Å². The molecule has 7 nitrogen and oxygen atoms in total. The predicted molar refractivity (Wildman–Crippen MR) is 104 cm³/mol. The van der Waals surface area contributed by atoms with E-state index in [1.54, 1.807) is 0 Å². The summed E-state index contributed by atoms with van der Waals surface area (Å²) in [5.41, 5.74) is 5.11. The van der Waals surface area contributed by atoms with Gasteiger partial charge in [0.15, 0.2) is 0 Å². The van der Waals surface area contributed by atoms with Gasteiger partial charge in [0.2, 0.25) is 0 Å². The standard InChI is InChI=1S/C18H25ClFN3O4S/c19-15-7-14(16(20)8-17(15)27-11-12-3-1-2-4-12)18(24)22-28(25,26)23-6-5-13(9-21)10-23/h7-8,12-13H,1-6,9-11,21H2,(H,22,24). The number of ether oxygens (including phenoxy) is 1. The van der Waals surface area contributed by atoms with E-state index in [1.165, 1.54) is 0 Å². The van der Waals surface area contributed by atoms with Crippen LogP contribution in [0.25, 0.3) is 0 Å². The second kappa shape index (κ2) is 8.94. The number of halogens is 2. The van der Waals surface area contributed by atoms with Crippen molar-refractivity contribution in [3.8, 4) is 5.75 Å². The van der Waals surface area contributed by atoms with E-state index in [2.05, 4.69) is 0 Å². The number of rotatable bonds is 7. The van der Waals surface area contributed by atoms with E-state index in [0.717, 1.165) is 42.1 Å². The summed E-state index contributed by atoms with van der Waals surface area (Å²) in [4.78, 5) is 12.3. The molecule has 2 aliphatic rings. The van der Waals surface area contributed by atoms with Gasteiger partial charge in [0.25, 0.3) is 5.91 Å². The average molecular weight is 434 g/mol. The van der Waals surface area contributed by atoms with Crippen LogP contribution < -0.4 is 15.2 Å². The maximum Gasteiger partial charge on any atom is 0.304 e. The topological polar surface area (TPSA) is 102 Å². The molecule has 1 aliphatic heterocycles. The number of carbonyl (C=O) groups excluding carboxylic acids is 1. The summed E-state index contributed by atoms with van der Waals surface area (Å²) in [6.07, 6.45) is 5.08. The molecule has 1 aromatic carbocycles. The lowest BCUT2D eigenvalue weighted by molar-refractivity contribution is 0.0975. The SMILES string of the molecule is NCC1CCN(S(=O)(=O)NC(=O)c2cc(Cl)c(OCC3CCCC3)cc2F)C1. The molecule has 1 amide bonds. The fourth-order valence-corrected chi connectivity index (χ4v) is 5.09. The number of nitrogens with one attached hydrogen (secondary N) is 1. The van der Waals surface area contributed by atoms with Crippen molar-refractivity contribution in [2.75, 3.05) is 26.2 Å². The van der Waals surface area contributed by atoms with Crippen LogP contribution in [-0.4, -0.2) is 44.9 Å². The second-order valence-corrected chi connectivity index (χ2v) is 9.49. The van der Waals surface area contributed by atoms with Gasteiger partial charge in [0, 0.05) is 19.2 Å². The van der Waals surface area contributed by atoms with Crippen LogP contribution in [0, 0.1) is 17.7 Å². The fourth-order valence-electron chi connectivity index (χ4n) is 3.64. The molecule has 1 heterocycles. The Labute approximate surface area is 169 Å². The zero-order chi connectivity index (χ0) is 20.3. The van der Waals surface area contributed by atoms with Crippen LogP contribution in [0.5, 0.6) is 5.75 Å². The maximum absolute atomic E-state index is 14.4. The second-order valence-electron chi connectivity index (χ2n) is 7.41. The molecule has 0 spiro atoms. The Morgan fingerprint density at radius 2 is 2.00 bits per heavy atom. The normalized spacial score (nSPS) is 21.2. The largest absolute Gasteiger partial charge is 0.492 e. The summed E-state index contributed by atoms with van der Waals surface area (Å²) in [5.74, 6) is -1.34. The Balaban J connectivity index is 1.67. The molecule has 0 bridgehead atoms. The number of nitrogens with two attached hydrogens (primary N) is 1. The van der Waals surface area contributed by atoms with Crippen molar-refractivity contribution in [1.29, 1.82) is 0 Å². The Morgan fingerprint density at radius 3 is 2.64 bits per heavy atom. The highest BCUT2D eigenvalue weighted by molar-refractivity contribution is 7.87. The third-order valence-corrected chi connectivity index (χ3v) is 7.11. The highest BCUT2D eigenvalue weighted by Crippen LogP contribution is 2.31. The Morgan fingerprint density at radius 1 is 1.29 bits per heavy atom. The summed E-state index contributed by atoms with van der Waals surface area (Å²) in [5, 5.41) is 0.0614. The lowest BCUT2D eigenvalue weighted by atomic mass is 10.1. The monoisotopic (exact) mass is 433 g/mol. The van der Waals surface area contributed by atoms with Crippen molar-refractivity contribution < 1.29 is 22.3 Å². The van der Waals surface area contributed by atoms with E-state index in [9.17, 15) is 17.6 Å². The zero-order valence-corrected chi connectivity index (χ0v) is 17.1. The van der Waals surface area contributed by atoms with Crippen molar-refractivity contribution in [1.82, 2.24) is 9.03 Å². The third-order valence-electron chi connectivity index (χ3n) is 5.36. The molecule has 0 radical (unpaired) electrons. The first-order valence-corrected chi connectivity index (χ1v) is 11.3. The zero-order valence-electron chi connectivity index (χ0n) is 15.5. The van der Waals surface area contributed by atoms with Gasteiger partial charge in [0.05, 0.1) is 17.2 Å². The third kappa shape index (κ3) is 4.94. The minimum atomic E-state index is -4.07. The van der Waals surface area contributed by atoms with Gasteiger partial charge < -0.3 is 10.5 Å². The highest BCUT2D eigenvalue weighted by atomic mass is 35.5. The van der Waals surface area contributed by atoms with E-state index in [1.807, 2.05) is 4.72 Å². The Hall–Kier alpha value is -1.42. The van der Waals surface area contributed by atoms with Crippen LogP contribution in [-0.2, 0) is 10.2 Å². The first-order valence-electron chi connectivity index (χ1n) is 9.44. The van der Waals surface area contributed by atoms with Crippen LogP contribution in [0.4, 0.5) is 4.39 Å². The van der Waals surface area contributed by atoms with E-state index in [0.29, 0.717) is 25.5 Å². The van der Waals surface area contributed by atoms with Crippen molar-refractivity contribution in [3.63, 3.8) is 0 Å². The van der Waals surface area contributed by atoms with Crippen LogP contribution in [0.1, 0.15) is 42.5 Å². The molecule has 0 aromatic heterocycles. The number of nitrogens with zero attached hydrogens (tertiary/aromatic N) is 1. The summed E-state index contributed by atoms with van der Waals surface area (Å²) >= 11 is 6.12. The number of hydrogen-bond acceptors (Lipinski definition) is 5. The molecule has 1 atom stereocenters. The first-order chi connectivity index (χ1) is 13.3. The molecule has 3 rings (SSSR count). The Bertz CT molecular complexity index is 830. The minimum absolute atomic E-state index is 0.0501. The number of amides is 1. The minimum Gasteiger partial charge on any atom is -0.492 e. The van der Waals surface area contributed by atoms with Crippen molar-refractivity contribution >= 4 is 27.7 Å². The van der Waals surface area contributed by atoms with Gasteiger partial charge in [-0.15, -0.1) is 0 Å². The Kier molecular flexibility index (Phi) is 6.80. The lowest BCUT2D eigenvalue weighted by Crippen LogP contribution is -2.42. The quantitative estimate of drug-likeness (QED) is 0.687. The molecular weight excluding hydrogens is 409 g/mol. The summed E-state index contributed by atoms with van der Waals surface area (Å²) < 4.78 is 47.8. The van der Waals surface area contributed by atoms with E-state index >= 15 is 0 Å². The summed E-state index contributed by atoms with van der Waals surface area (Å²) in [6.45, 7) is 1.31. The van der Waals surface area contributed by atoms with Gasteiger partial charge in [-0.3, -0.25) is 4.79 Å². The first kappa shape index (κ1) is 21.3. The van der Waals surface area contributed by atoms with Crippen molar-refractivity contribution in [2.45, 2.75) is 32.1 Å². The molecular formula is C18H25ClFN3O4S. The van der Waals surface area contributed by atoms with Gasteiger partial charge in [-0.05, 0) is 43.7 Å². The lowest BCUT2D eigenvalue weighted by Gasteiger charge is -2.17. The van der Waals surface area contributed by atoms with Gasteiger partial charge in [-0.25, -0.2) is 9.11 Å². The maximum atomic E-state index is 14.4. The van der Waals surface area contributed by atoms with E-state index in [4.69, 9.17) is 22.1 Å². The van der Waals surface area contributed by atoms with Crippen LogP contribution in [0.15, 0.2) is 12.1 Å². The smallest absolute Gasteiger partial charge is 0.304 e. The molecule has 2 fully saturated rings. The summed E-state index contributed by atoms with van der Waals surface area (Å²) in [6, 6.07) is 2.12. The molecule has 1 saturated heterocycles. The molecule has 156 valence electrons. The molecule has 1 unspecified atom stereocenters. The van der Waals surface area contributed by atoms with Crippen LogP contribution in [0.2, 0.25) is 5.02 Å². The number of carbonyl (C=O) groups is 1. The molecule has 1 aliphatic carbocycles. The molecule has 1 aromatic rings. The van der Waals surface area contributed by atoms with Crippen LogP contribution >= 0.6 is 11.6 Å². The van der Waals surface area contributed by atoms with E-state index in [-0.39, 0.29) is 29.8 Å². The molecule has 10 heteroatoms. The van der Waals surface area contributed by atoms with Crippen LogP contribution in [0.3, 0.4) is 0 Å². The molecule has 3 N–H and O–H groups in total. The number of benzene rings is 1. The van der Waals surface area contributed by atoms with Crippen molar-refractivity contribution in [2.24, 2.45) is 17.6 Å². The predicted octanol–water partition coefficient (Wildman–Crippen LogP) is 2.30. The number of hydrogen-bond donors (Lipinski definition) is 2. The fraction of sp³-hybridized carbons (Fsp3) is 0.611. The highest BCUT2D eigenvalue weighted by Gasteiger charge is 2.32. The van der Waals surface area contributed by atoms with Gasteiger partial charge in [-0.2, -0.15) is 12.7 Å². The summed E-state index contributed by atoms with van der Waals surface area (Å²) in [7, 11) is -4.07. The van der Waals surface area contributed by atoms with E-state index < -0.39 is 27.5 Å². The van der Waals surface area contributed by atoms with Gasteiger partial charge >= 0.3 is 10.2 Å². The molecule has 1 saturated carbocycles. The van der Waals surface area contributed by atoms with Crippen molar-refractivity contribution in [3.05, 3.63) is 28.5 Å². The average Bonchev–Trinajstić information content (AvgIpc) is 3.33. The van der Waals surface area contributed by atoms with Gasteiger partial charge in [0.1, 0.15) is 11.6 Å². The molecule has 28 heavy (non-hydrogen) atoms.